The Morgan fingerprint density at radius 1 is 0.643 bits per heavy atom. The SMILES string of the molecule is CCC(=O)CC.CCC(=O)CC.F.F. The van der Waals surface area contributed by atoms with Crippen LogP contribution in [0.25, 0.3) is 0 Å². The first-order chi connectivity index (χ1) is 5.62. The summed E-state index contributed by atoms with van der Waals surface area (Å²) >= 11 is 0. The lowest BCUT2D eigenvalue weighted by atomic mass is 10.3. The van der Waals surface area contributed by atoms with Crippen molar-refractivity contribution in [2.75, 3.05) is 0 Å². The van der Waals surface area contributed by atoms with E-state index >= 15 is 0 Å². The summed E-state index contributed by atoms with van der Waals surface area (Å²) in [6, 6.07) is 0. The molecule has 4 heteroatoms. The van der Waals surface area contributed by atoms with Gasteiger partial charge < -0.3 is 0 Å². The minimum atomic E-state index is 0. The molecule has 0 spiro atoms. The molecule has 0 fully saturated rings. The number of hydrogen-bond acceptors (Lipinski definition) is 2. The van der Waals surface area contributed by atoms with Crippen LogP contribution >= 0.6 is 0 Å². The predicted molar refractivity (Wildman–Crippen MR) is 56.2 cm³/mol. The van der Waals surface area contributed by atoms with Gasteiger partial charge in [0.25, 0.3) is 0 Å². The van der Waals surface area contributed by atoms with Gasteiger partial charge in [0.15, 0.2) is 0 Å². The minimum Gasteiger partial charge on any atom is -0.300 e. The van der Waals surface area contributed by atoms with E-state index in [4.69, 9.17) is 0 Å². The van der Waals surface area contributed by atoms with Gasteiger partial charge in [0.05, 0.1) is 0 Å². The average molecular weight is 212 g/mol. The Hall–Kier alpha value is -0.800. The zero-order valence-electron chi connectivity index (χ0n) is 9.46. The van der Waals surface area contributed by atoms with Crippen molar-refractivity contribution < 1.29 is 19.0 Å². The van der Waals surface area contributed by atoms with Crippen LogP contribution in [0.4, 0.5) is 9.41 Å². The smallest absolute Gasteiger partial charge is 0.132 e. The van der Waals surface area contributed by atoms with Gasteiger partial charge in [-0.25, -0.2) is 0 Å². The van der Waals surface area contributed by atoms with E-state index in [2.05, 4.69) is 0 Å². The fraction of sp³-hybridized carbons (Fsp3) is 0.800. The highest BCUT2D eigenvalue weighted by Crippen LogP contribution is 1.83. The normalized spacial score (nSPS) is 7.14. The number of carbonyl (C=O) groups is 2. The van der Waals surface area contributed by atoms with E-state index in [-0.39, 0.29) is 9.41 Å². The Balaban J connectivity index is -0.0000000625. The largest absolute Gasteiger partial charge is 0.300 e. The third-order valence-electron chi connectivity index (χ3n) is 1.58. The Bertz CT molecular complexity index is 108. The van der Waals surface area contributed by atoms with Crippen molar-refractivity contribution in [3.8, 4) is 0 Å². The van der Waals surface area contributed by atoms with Crippen LogP contribution < -0.4 is 0 Å². The Morgan fingerprint density at radius 2 is 0.786 bits per heavy atom. The number of Topliss-reactive ketones (excluding diaryl/α,β-unsaturated/α-hetero) is 2. The minimum absolute atomic E-state index is 0. The van der Waals surface area contributed by atoms with Gasteiger partial charge in [0.1, 0.15) is 11.6 Å². The van der Waals surface area contributed by atoms with Gasteiger partial charge in [-0.1, -0.05) is 27.7 Å². The van der Waals surface area contributed by atoms with E-state index in [0.717, 1.165) is 0 Å². The third kappa shape index (κ3) is 22.5. The van der Waals surface area contributed by atoms with E-state index in [1.165, 1.54) is 0 Å². The van der Waals surface area contributed by atoms with Gasteiger partial charge in [0, 0.05) is 25.7 Å². The first-order valence-electron chi connectivity index (χ1n) is 4.65. The molecule has 88 valence electrons. The van der Waals surface area contributed by atoms with Crippen LogP contribution in [-0.2, 0) is 9.59 Å². The lowest BCUT2D eigenvalue weighted by molar-refractivity contribution is -0.119. The molecule has 0 rings (SSSR count). The Morgan fingerprint density at radius 3 is 0.786 bits per heavy atom. The second kappa shape index (κ2) is 18.1. The zero-order chi connectivity index (χ0) is 9.98. The number of ketones is 2. The predicted octanol–water partition coefficient (Wildman–Crippen LogP) is 3.06. The highest BCUT2D eigenvalue weighted by atomic mass is 19.0. The third-order valence-corrected chi connectivity index (χ3v) is 1.58. The molecule has 0 aromatic carbocycles. The summed E-state index contributed by atoms with van der Waals surface area (Å²) in [6.07, 6.45) is 2.76. The molecule has 0 aliphatic heterocycles. The standard InChI is InChI=1S/2C5H10O.2FH/c2*1-3-5(6)4-2;;/h2*3-4H2,1-2H3;2*1H. The van der Waals surface area contributed by atoms with Crippen LogP contribution in [-0.4, -0.2) is 11.6 Å². The molecule has 0 saturated carbocycles. The zero-order valence-corrected chi connectivity index (χ0v) is 9.46. The maximum absolute atomic E-state index is 10.2. The van der Waals surface area contributed by atoms with Crippen LogP contribution in [0.1, 0.15) is 53.4 Å². The van der Waals surface area contributed by atoms with Crippen LogP contribution in [0.2, 0.25) is 0 Å². The van der Waals surface area contributed by atoms with Crippen molar-refractivity contribution in [3.63, 3.8) is 0 Å². The van der Waals surface area contributed by atoms with E-state index in [1.54, 1.807) is 0 Å². The molecule has 14 heavy (non-hydrogen) atoms. The van der Waals surface area contributed by atoms with Gasteiger partial charge in [-0.3, -0.25) is 19.0 Å². The van der Waals surface area contributed by atoms with Gasteiger partial charge in [-0.05, 0) is 0 Å². The quantitative estimate of drug-likeness (QED) is 0.717. The Kier molecular flexibility index (Phi) is 30.0. The number of carbonyl (C=O) groups excluding carboxylic acids is 2. The van der Waals surface area contributed by atoms with E-state index in [9.17, 15) is 9.59 Å². The topological polar surface area (TPSA) is 34.1 Å². The monoisotopic (exact) mass is 212 g/mol. The van der Waals surface area contributed by atoms with Crippen LogP contribution in [0.5, 0.6) is 0 Å². The van der Waals surface area contributed by atoms with Crippen molar-refractivity contribution in [2.24, 2.45) is 0 Å². The molecule has 0 aromatic rings. The average Bonchev–Trinajstić information content (AvgIpc) is 2.16. The summed E-state index contributed by atoms with van der Waals surface area (Å²) in [5.74, 6) is 0.685. The molecule has 0 radical (unpaired) electrons. The highest BCUT2D eigenvalue weighted by molar-refractivity contribution is 5.77. The lowest BCUT2D eigenvalue weighted by Gasteiger charge is -1.81. The molecule has 0 heterocycles. The van der Waals surface area contributed by atoms with Crippen LogP contribution in [0.3, 0.4) is 0 Å². The number of hydrogen-bond donors (Lipinski definition) is 0. The van der Waals surface area contributed by atoms with Crippen molar-refractivity contribution in [2.45, 2.75) is 53.4 Å². The molecule has 0 unspecified atom stereocenters. The number of rotatable bonds is 4. The first-order valence-corrected chi connectivity index (χ1v) is 4.65. The van der Waals surface area contributed by atoms with Crippen molar-refractivity contribution in [1.29, 1.82) is 0 Å². The fourth-order valence-electron chi connectivity index (χ4n) is 0.500. The highest BCUT2D eigenvalue weighted by Gasteiger charge is 1.87. The molecule has 0 bridgehead atoms. The maximum Gasteiger partial charge on any atom is 0.132 e. The molecule has 0 amide bonds. The van der Waals surface area contributed by atoms with Gasteiger partial charge in [-0.2, -0.15) is 0 Å². The van der Waals surface area contributed by atoms with Crippen LogP contribution in [0.15, 0.2) is 0 Å². The summed E-state index contributed by atoms with van der Waals surface area (Å²) < 4.78 is 0. The van der Waals surface area contributed by atoms with Crippen molar-refractivity contribution in [1.82, 2.24) is 0 Å². The first kappa shape index (κ1) is 23.2. The van der Waals surface area contributed by atoms with Crippen LogP contribution in [0, 0.1) is 0 Å². The molecule has 0 atom stereocenters. The number of halogens is 2. The van der Waals surface area contributed by atoms with Crippen molar-refractivity contribution in [3.05, 3.63) is 0 Å². The molecule has 0 aliphatic rings. The summed E-state index contributed by atoms with van der Waals surface area (Å²) in [4.78, 5) is 20.4. The summed E-state index contributed by atoms with van der Waals surface area (Å²) in [5, 5.41) is 0. The lowest BCUT2D eigenvalue weighted by Crippen LogP contribution is -1.88. The summed E-state index contributed by atoms with van der Waals surface area (Å²) in [6.45, 7) is 7.52. The van der Waals surface area contributed by atoms with Gasteiger partial charge >= 0.3 is 0 Å². The van der Waals surface area contributed by atoms with Crippen molar-refractivity contribution >= 4 is 11.6 Å². The van der Waals surface area contributed by atoms with Gasteiger partial charge in [-0.15, -0.1) is 0 Å². The summed E-state index contributed by atoms with van der Waals surface area (Å²) in [5.41, 5.74) is 0. The van der Waals surface area contributed by atoms with Gasteiger partial charge in [0.2, 0.25) is 0 Å². The maximum atomic E-state index is 10.2. The molecular weight excluding hydrogens is 190 g/mol. The molecule has 2 nitrogen and oxygen atoms in total. The molecule has 0 saturated heterocycles. The molecule has 0 aromatic heterocycles. The Labute approximate surface area is 84.8 Å². The molecular formula is C10H22F2O2. The second-order valence-electron chi connectivity index (χ2n) is 2.49. The van der Waals surface area contributed by atoms with E-state index in [0.29, 0.717) is 37.2 Å². The van der Waals surface area contributed by atoms with E-state index in [1.807, 2.05) is 27.7 Å². The second-order valence-corrected chi connectivity index (χ2v) is 2.49. The fourth-order valence-corrected chi connectivity index (χ4v) is 0.500. The summed E-state index contributed by atoms with van der Waals surface area (Å²) in [7, 11) is 0. The molecule has 0 aliphatic carbocycles. The van der Waals surface area contributed by atoms with E-state index < -0.39 is 0 Å². The molecule has 0 N–H and O–H groups in total.